The third-order valence-corrected chi connectivity index (χ3v) is 4.68. The minimum Gasteiger partial charge on any atom is -0.271 e. The zero-order valence-electron chi connectivity index (χ0n) is 10.1. The van der Waals surface area contributed by atoms with Crippen LogP contribution in [0.25, 0.3) is 0 Å². The lowest BCUT2D eigenvalue weighted by Crippen LogP contribution is -2.28. The molecule has 2 aromatic heterocycles. The van der Waals surface area contributed by atoms with Gasteiger partial charge in [0, 0.05) is 4.88 Å². The Hall–Kier alpha value is -0.750. The van der Waals surface area contributed by atoms with Crippen molar-refractivity contribution in [2.75, 3.05) is 0 Å². The van der Waals surface area contributed by atoms with Crippen LogP contribution in [0.2, 0.25) is 0 Å². The predicted molar refractivity (Wildman–Crippen MR) is 74.3 cm³/mol. The fraction of sp³-hybridized carbons (Fsp3) is 0.417. The van der Waals surface area contributed by atoms with Gasteiger partial charge in [0.15, 0.2) is 0 Å². The van der Waals surface area contributed by atoms with Gasteiger partial charge in [-0.1, -0.05) is 0 Å². The number of hydrogen-bond acceptors (Lipinski definition) is 5. The molecule has 2 aromatic rings. The summed E-state index contributed by atoms with van der Waals surface area (Å²) in [4.78, 5) is 5.71. The fourth-order valence-electron chi connectivity index (χ4n) is 1.91. The summed E-state index contributed by atoms with van der Waals surface area (Å²) < 4.78 is 0. The molecule has 17 heavy (non-hydrogen) atoms. The molecule has 0 fully saturated rings. The average Bonchev–Trinajstić information content (AvgIpc) is 2.90. The minimum atomic E-state index is 0.209. The Bertz CT molecular complexity index is 462. The standard InChI is InChI=1S/C12H17N3S2/c1-8-12(17-9(2)14-8)11(15-13)4-3-10-5-6-16-7-10/h5-7,11,15H,3-4,13H2,1-2H3. The highest BCUT2D eigenvalue weighted by atomic mass is 32.1. The van der Waals surface area contributed by atoms with E-state index in [0.29, 0.717) is 0 Å². The average molecular weight is 267 g/mol. The second-order valence-corrected chi connectivity index (χ2v) is 6.09. The highest BCUT2D eigenvalue weighted by molar-refractivity contribution is 7.11. The number of hydrogen-bond donors (Lipinski definition) is 2. The van der Waals surface area contributed by atoms with Crippen molar-refractivity contribution >= 4 is 22.7 Å². The summed E-state index contributed by atoms with van der Waals surface area (Å²) in [5.74, 6) is 5.65. The first-order valence-electron chi connectivity index (χ1n) is 5.62. The number of nitrogens with two attached hydrogens (primary N) is 1. The molecule has 0 aliphatic heterocycles. The zero-order chi connectivity index (χ0) is 12.3. The van der Waals surface area contributed by atoms with Gasteiger partial charge in [-0.25, -0.2) is 4.98 Å². The molecule has 3 nitrogen and oxygen atoms in total. The van der Waals surface area contributed by atoms with Crippen LogP contribution in [0.5, 0.6) is 0 Å². The van der Waals surface area contributed by atoms with Gasteiger partial charge in [0.1, 0.15) is 0 Å². The second-order valence-electron chi connectivity index (χ2n) is 4.07. The monoisotopic (exact) mass is 267 g/mol. The van der Waals surface area contributed by atoms with Crippen LogP contribution in [0.3, 0.4) is 0 Å². The Labute approximate surface area is 110 Å². The predicted octanol–water partition coefficient (Wildman–Crippen LogP) is 2.96. The van der Waals surface area contributed by atoms with Gasteiger partial charge < -0.3 is 0 Å². The summed E-state index contributed by atoms with van der Waals surface area (Å²) in [6.07, 6.45) is 2.06. The Balaban J connectivity index is 2.04. The van der Waals surface area contributed by atoms with E-state index in [-0.39, 0.29) is 6.04 Å². The third kappa shape index (κ3) is 3.13. The van der Waals surface area contributed by atoms with E-state index in [4.69, 9.17) is 5.84 Å². The molecule has 2 heterocycles. The van der Waals surface area contributed by atoms with Crippen LogP contribution >= 0.6 is 22.7 Å². The molecule has 1 atom stereocenters. The zero-order valence-corrected chi connectivity index (χ0v) is 11.7. The summed E-state index contributed by atoms with van der Waals surface area (Å²) in [5, 5.41) is 5.41. The highest BCUT2D eigenvalue weighted by Gasteiger charge is 2.16. The molecule has 92 valence electrons. The van der Waals surface area contributed by atoms with Gasteiger partial charge in [-0.2, -0.15) is 11.3 Å². The van der Waals surface area contributed by atoms with Gasteiger partial charge >= 0.3 is 0 Å². The quantitative estimate of drug-likeness (QED) is 0.647. The van der Waals surface area contributed by atoms with Gasteiger partial charge in [0.25, 0.3) is 0 Å². The second kappa shape index (κ2) is 5.73. The molecule has 0 spiro atoms. The maximum atomic E-state index is 5.65. The first kappa shape index (κ1) is 12.7. The molecule has 0 aliphatic rings. The lowest BCUT2D eigenvalue weighted by molar-refractivity contribution is 0.521. The maximum Gasteiger partial charge on any atom is 0.0900 e. The smallest absolute Gasteiger partial charge is 0.0900 e. The molecule has 2 rings (SSSR count). The van der Waals surface area contributed by atoms with E-state index in [1.807, 2.05) is 13.8 Å². The third-order valence-electron chi connectivity index (χ3n) is 2.76. The van der Waals surface area contributed by atoms with Crippen molar-refractivity contribution in [1.29, 1.82) is 0 Å². The van der Waals surface area contributed by atoms with Crippen LogP contribution in [-0.2, 0) is 6.42 Å². The molecule has 1 unspecified atom stereocenters. The number of nitrogens with zero attached hydrogens (tertiary/aromatic N) is 1. The summed E-state index contributed by atoms with van der Waals surface area (Å²) in [6.45, 7) is 4.08. The van der Waals surface area contributed by atoms with Crippen molar-refractivity contribution in [3.63, 3.8) is 0 Å². The van der Waals surface area contributed by atoms with Crippen molar-refractivity contribution in [3.05, 3.63) is 38.0 Å². The largest absolute Gasteiger partial charge is 0.271 e. The van der Waals surface area contributed by atoms with E-state index in [9.17, 15) is 0 Å². The van der Waals surface area contributed by atoms with Crippen LogP contribution in [0.15, 0.2) is 16.8 Å². The van der Waals surface area contributed by atoms with Crippen molar-refractivity contribution in [1.82, 2.24) is 10.4 Å². The van der Waals surface area contributed by atoms with Crippen molar-refractivity contribution in [2.45, 2.75) is 32.7 Å². The molecule has 0 saturated heterocycles. The van der Waals surface area contributed by atoms with E-state index in [0.717, 1.165) is 23.5 Å². The van der Waals surface area contributed by atoms with Crippen LogP contribution < -0.4 is 11.3 Å². The van der Waals surface area contributed by atoms with Gasteiger partial charge in [0.2, 0.25) is 0 Å². The van der Waals surface area contributed by atoms with E-state index < -0.39 is 0 Å². The summed E-state index contributed by atoms with van der Waals surface area (Å²) >= 11 is 3.47. The Morgan fingerprint density at radius 2 is 2.29 bits per heavy atom. The maximum absolute atomic E-state index is 5.65. The molecule has 0 bridgehead atoms. The summed E-state index contributed by atoms with van der Waals surface area (Å²) in [5.41, 5.74) is 5.39. The number of nitrogens with one attached hydrogen (secondary N) is 1. The van der Waals surface area contributed by atoms with Crippen molar-refractivity contribution in [2.24, 2.45) is 5.84 Å². The van der Waals surface area contributed by atoms with E-state index in [1.165, 1.54) is 10.4 Å². The minimum absolute atomic E-state index is 0.209. The Morgan fingerprint density at radius 3 is 2.82 bits per heavy atom. The van der Waals surface area contributed by atoms with Gasteiger partial charge in [0.05, 0.1) is 16.7 Å². The lowest BCUT2D eigenvalue weighted by Gasteiger charge is -2.14. The molecule has 0 aliphatic carbocycles. The molecule has 0 saturated carbocycles. The first-order valence-corrected chi connectivity index (χ1v) is 7.37. The van der Waals surface area contributed by atoms with Crippen LogP contribution in [0.4, 0.5) is 0 Å². The lowest BCUT2D eigenvalue weighted by atomic mass is 10.1. The van der Waals surface area contributed by atoms with E-state index in [1.54, 1.807) is 22.7 Å². The molecule has 3 N–H and O–H groups in total. The van der Waals surface area contributed by atoms with Crippen LogP contribution in [0.1, 0.15) is 33.6 Å². The Kier molecular flexibility index (Phi) is 4.28. The van der Waals surface area contributed by atoms with Crippen molar-refractivity contribution in [3.8, 4) is 0 Å². The molecule has 0 radical (unpaired) electrons. The number of hydrazine groups is 1. The molecule has 0 amide bonds. The normalized spacial score (nSPS) is 12.9. The molecular formula is C12H17N3S2. The SMILES string of the molecule is Cc1nc(C)c(C(CCc2ccsc2)NN)s1. The van der Waals surface area contributed by atoms with E-state index in [2.05, 4.69) is 27.2 Å². The Morgan fingerprint density at radius 1 is 1.47 bits per heavy atom. The molecule has 0 aromatic carbocycles. The summed E-state index contributed by atoms with van der Waals surface area (Å²) in [6, 6.07) is 2.38. The molecular weight excluding hydrogens is 250 g/mol. The number of aryl methyl sites for hydroxylation is 3. The van der Waals surface area contributed by atoms with Gasteiger partial charge in [-0.3, -0.25) is 11.3 Å². The van der Waals surface area contributed by atoms with Gasteiger partial charge in [-0.05, 0) is 49.1 Å². The highest BCUT2D eigenvalue weighted by Crippen LogP contribution is 2.27. The number of thiophene rings is 1. The van der Waals surface area contributed by atoms with Gasteiger partial charge in [-0.15, -0.1) is 11.3 Å². The summed E-state index contributed by atoms with van der Waals surface area (Å²) in [7, 11) is 0. The van der Waals surface area contributed by atoms with Crippen LogP contribution in [0, 0.1) is 13.8 Å². The number of aromatic nitrogens is 1. The fourth-order valence-corrected chi connectivity index (χ4v) is 3.63. The topological polar surface area (TPSA) is 50.9 Å². The number of thiazole rings is 1. The van der Waals surface area contributed by atoms with Crippen LogP contribution in [-0.4, -0.2) is 4.98 Å². The number of rotatable bonds is 5. The first-order chi connectivity index (χ1) is 8.20. The molecule has 5 heteroatoms. The van der Waals surface area contributed by atoms with Crippen molar-refractivity contribution < 1.29 is 0 Å². The van der Waals surface area contributed by atoms with E-state index >= 15 is 0 Å².